The lowest BCUT2D eigenvalue weighted by molar-refractivity contribution is -0.385. The monoisotopic (exact) mass is 1000 g/mol. The number of hydrogen-bond donors (Lipinski definition) is 5. The lowest BCUT2D eigenvalue weighted by Crippen LogP contribution is -2.29. The van der Waals surface area contributed by atoms with Gasteiger partial charge in [0.2, 0.25) is 0 Å². The molecule has 9 aromatic rings. The number of furan rings is 2. The molecule has 4 aromatic heterocycles. The quantitative estimate of drug-likeness (QED) is 0.0539. The van der Waals surface area contributed by atoms with Gasteiger partial charge in [0.15, 0.2) is 5.76 Å². The average Bonchev–Trinajstić information content (AvgIpc) is 4.20. The first-order chi connectivity index (χ1) is 33.9. The molecule has 11 rings (SSSR count). The first-order valence-electron chi connectivity index (χ1n) is 22.0. The summed E-state index contributed by atoms with van der Waals surface area (Å²) < 4.78 is 11.6. The fourth-order valence-corrected chi connectivity index (χ4v) is 10.0. The molecule has 0 radical (unpaired) electrons. The van der Waals surface area contributed by atoms with Crippen molar-refractivity contribution in [3.8, 4) is 17.2 Å². The van der Waals surface area contributed by atoms with Gasteiger partial charge in [-0.3, -0.25) is 35.1 Å². The lowest BCUT2D eigenvalue weighted by atomic mass is 9.96. The highest BCUT2D eigenvalue weighted by molar-refractivity contribution is 6.20. The van der Waals surface area contributed by atoms with Crippen LogP contribution in [0.2, 0.25) is 0 Å². The van der Waals surface area contributed by atoms with Crippen molar-refractivity contribution in [2.45, 2.75) is 46.1 Å². The number of aromatic nitrogens is 2. The maximum atomic E-state index is 13.4. The average molecular weight is 1000 g/mol. The second kappa shape index (κ2) is 18.6. The molecule has 2 atom stereocenters. The summed E-state index contributed by atoms with van der Waals surface area (Å²) in [5.74, 6) is 1.48. The van der Waals surface area contributed by atoms with Crippen molar-refractivity contribution in [2.75, 3.05) is 34.6 Å². The van der Waals surface area contributed by atoms with E-state index in [2.05, 4.69) is 14.9 Å². The van der Waals surface area contributed by atoms with Crippen molar-refractivity contribution in [1.82, 2.24) is 9.97 Å². The van der Waals surface area contributed by atoms with Gasteiger partial charge in [0.25, 0.3) is 23.0 Å². The number of nitro groups is 3. The molecule has 6 heterocycles. The van der Waals surface area contributed by atoms with E-state index in [0.29, 0.717) is 70.3 Å². The molecule has 1 amide bonds. The normalized spacial score (nSPS) is 14.9. The van der Waals surface area contributed by atoms with Gasteiger partial charge in [0, 0.05) is 124 Å². The SMILES string of the molecule is Cc1[nH]c2c(O)cc3c(c2c1C)[C@H](CCl)CN3C(=O)c1cc2cc([N+](=O)[O-])ccc2o1.Cc1[nH]c2c(O)cc3c(c2c1C)[C@H](CCl)CN3Cc1cc2cc([N+](=O)[O-])ccc2o1.O=[N+]([O-])c1ccc(O)cc1. The van der Waals surface area contributed by atoms with Gasteiger partial charge in [-0.25, -0.2) is 0 Å². The molecule has 5 aromatic carbocycles. The van der Waals surface area contributed by atoms with E-state index in [-0.39, 0.29) is 51.9 Å². The van der Waals surface area contributed by atoms with Gasteiger partial charge in [0.05, 0.1) is 38.0 Å². The van der Waals surface area contributed by atoms with Gasteiger partial charge in [-0.15, -0.1) is 23.2 Å². The van der Waals surface area contributed by atoms with E-state index in [9.17, 15) is 45.4 Å². The lowest BCUT2D eigenvalue weighted by Gasteiger charge is -2.18. The third kappa shape index (κ3) is 8.63. The van der Waals surface area contributed by atoms with Crippen LogP contribution < -0.4 is 9.80 Å². The number of nitrogens with zero attached hydrogens (tertiary/aromatic N) is 5. The number of phenolic OH excluding ortho intramolecular Hbond substituents is 3. The molecule has 0 fully saturated rings. The minimum atomic E-state index is -0.514. The highest BCUT2D eigenvalue weighted by Crippen LogP contribution is 2.49. The molecule has 0 saturated heterocycles. The van der Waals surface area contributed by atoms with Crippen LogP contribution in [0.5, 0.6) is 17.2 Å². The Morgan fingerprint density at radius 2 is 1.13 bits per heavy atom. The van der Waals surface area contributed by atoms with Gasteiger partial charge < -0.3 is 43.9 Å². The number of non-ortho nitro benzene ring substituents is 3. The number of anilines is 2. The molecular weight excluding hydrogens is 961 g/mol. The van der Waals surface area contributed by atoms with Crippen molar-refractivity contribution >= 4 is 101 Å². The van der Waals surface area contributed by atoms with Crippen molar-refractivity contribution in [3.05, 3.63) is 160 Å². The fraction of sp³-hybridized carbons (Fsp3) is 0.220. The van der Waals surface area contributed by atoms with Crippen LogP contribution in [-0.4, -0.2) is 70.8 Å². The molecule has 0 aliphatic carbocycles. The van der Waals surface area contributed by atoms with Crippen molar-refractivity contribution in [1.29, 1.82) is 0 Å². The highest BCUT2D eigenvalue weighted by atomic mass is 35.5. The predicted octanol–water partition coefficient (Wildman–Crippen LogP) is 11.9. The Kier molecular flexibility index (Phi) is 12.5. The molecule has 0 bridgehead atoms. The molecule has 5 N–H and O–H groups in total. The fourth-order valence-electron chi connectivity index (χ4n) is 9.50. The number of aromatic hydroxyl groups is 3. The summed E-state index contributed by atoms with van der Waals surface area (Å²) >= 11 is 12.6. The van der Waals surface area contributed by atoms with Gasteiger partial charge in [-0.1, -0.05) is 0 Å². The predicted molar refractivity (Wildman–Crippen MR) is 269 cm³/mol. The van der Waals surface area contributed by atoms with E-state index in [1.807, 2.05) is 33.8 Å². The van der Waals surface area contributed by atoms with Crippen LogP contribution in [0.3, 0.4) is 0 Å². The van der Waals surface area contributed by atoms with Crippen LogP contribution in [0, 0.1) is 58.0 Å². The van der Waals surface area contributed by atoms with Gasteiger partial charge >= 0.3 is 0 Å². The first kappa shape index (κ1) is 47.8. The number of phenols is 3. The Morgan fingerprint density at radius 1 is 0.648 bits per heavy atom. The number of nitro benzene ring substituents is 3. The molecular formula is C50H43Cl2N7O12. The molecule has 0 saturated carbocycles. The summed E-state index contributed by atoms with van der Waals surface area (Å²) in [6.45, 7) is 9.48. The number of aromatic amines is 2. The van der Waals surface area contributed by atoms with Crippen LogP contribution in [-0.2, 0) is 6.54 Å². The van der Waals surface area contributed by atoms with E-state index in [0.717, 1.165) is 55.6 Å². The number of nitrogens with one attached hydrogen (secondary N) is 2. The molecule has 71 heavy (non-hydrogen) atoms. The number of hydrogen-bond acceptors (Lipinski definition) is 13. The molecule has 2 aliphatic rings. The number of H-pyrrole nitrogens is 2. The number of rotatable bonds is 8. The van der Waals surface area contributed by atoms with Crippen molar-refractivity contribution < 1.29 is 43.7 Å². The topological polar surface area (TPSA) is 272 Å². The zero-order valence-electron chi connectivity index (χ0n) is 38.3. The smallest absolute Gasteiger partial charge is 0.294 e. The summed E-state index contributed by atoms with van der Waals surface area (Å²) in [5.41, 5.74) is 10.0. The molecule has 0 unspecified atom stereocenters. The summed E-state index contributed by atoms with van der Waals surface area (Å²) in [6.07, 6.45) is 0. The minimum Gasteiger partial charge on any atom is -0.508 e. The van der Waals surface area contributed by atoms with Gasteiger partial charge in [-0.05, 0) is 86.3 Å². The van der Waals surface area contributed by atoms with Gasteiger partial charge in [0.1, 0.15) is 34.2 Å². The number of fused-ring (bicyclic) bond motifs is 8. The molecule has 0 spiro atoms. The van der Waals surface area contributed by atoms with E-state index < -0.39 is 20.7 Å². The van der Waals surface area contributed by atoms with Crippen LogP contribution in [0.25, 0.3) is 43.7 Å². The molecule has 21 heteroatoms. The maximum Gasteiger partial charge on any atom is 0.294 e. The number of amides is 1. The Labute approximate surface area is 411 Å². The summed E-state index contributed by atoms with van der Waals surface area (Å²) in [7, 11) is 0. The van der Waals surface area contributed by atoms with Crippen molar-refractivity contribution in [2.24, 2.45) is 0 Å². The summed E-state index contributed by atoms with van der Waals surface area (Å²) in [4.78, 5) is 54.2. The van der Waals surface area contributed by atoms with E-state index >= 15 is 0 Å². The highest BCUT2D eigenvalue weighted by Gasteiger charge is 2.38. The Balaban J connectivity index is 0.000000148. The number of halogens is 2. The standard InChI is InChI=1S/C22H18ClN3O5.C22H20ClN3O4.C6H5NO3/c1-10-11(2)24-21-16(27)7-15-20(19(10)21)13(8-23)9-25(15)22(28)18-6-12-5-14(26(29)30)3-4-17(12)31-18;1-11-12(2)24-22-18(27)7-17-21(20(11)22)14(8-23)9-25(17)10-16-6-13-5-15(26(28)29)3-4-19(13)30-16;8-6-3-1-5(2-4-6)7(9)10/h3-7,13,24,27H,8-9H2,1-2H3;3-7,14,24,27H,8-10H2,1-2H3;1-4,8H/t13-;14-;/m11./s1. The number of benzene rings is 5. The number of carbonyl (C=O) groups is 1. The largest absolute Gasteiger partial charge is 0.508 e. The maximum absolute atomic E-state index is 13.4. The third-order valence-corrected chi connectivity index (χ3v) is 13.9. The number of alkyl halides is 2. The van der Waals surface area contributed by atoms with Gasteiger partial charge in [-0.2, -0.15) is 0 Å². The molecule has 2 aliphatic heterocycles. The van der Waals surface area contributed by atoms with Crippen molar-refractivity contribution in [3.63, 3.8) is 0 Å². The van der Waals surface area contributed by atoms with E-state index in [4.69, 9.17) is 37.1 Å². The zero-order chi connectivity index (χ0) is 50.7. The molecule has 364 valence electrons. The Hall–Kier alpha value is -8.29. The third-order valence-electron chi connectivity index (χ3n) is 13.1. The van der Waals surface area contributed by atoms with Crippen LogP contribution in [0.4, 0.5) is 28.4 Å². The Bertz CT molecular complexity index is 3630. The van der Waals surface area contributed by atoms with Crippen LogP contribution >= 0.6 is 23.2 Å². The Morgan fingerprint density at radius 3 is 1.66 bits per heavy atom. The summed E-state index contributed by atoms with van der Waals surface area (Å²) in [6, 6.07) is 20.5. The number of carbonyl (C=O) groups excluding carboxylic acids is 1. The first-order valence-corrected chi connectivity index (χ1v) is 23.1. The van der Waals surface area contributed by atoms with Crippen LogP contribution in [0.1, 0.15) is 61.8 Å². The zero-order valence-corrected chi connectivity index (χ0v) is 39.8. The second-order valence-electron chi connectivity index (χ2n) is 17.5. The molecule has 19 nitrogen and oxygen atoms in total. The van der Waals surface area contributed by atoms with Crippen LogP contribution in [0.15, 0.2) is 93.8 Å². The summed E-state index contributed by atoms with van der Waals surface area (Å²) in [5, 5.41) is 65.2. The number of aryl methyl sites for hydroxylation is 4. The van der Waals surface area contributed by atoms with E-state index in [1.54, 1.807) is 23.1 Å². The second-order valence-corrected chi connectivity index (χ2v) is 18.1. The minimum absolute atomic E-state index is 0.0159. The van der Waals surface area contributed by atoms with E-state index in [1.165, 1.54) is 60.7 Å².